The van der Waals surface area contributed by atoms with E-state index in [4.69, 9.17) is 24.2 Å². The molecule has 3 aromatic rings. The zero-order valence-corrected chi connectivity index (χ0v) is 21.9. The summed E-state index contributed by atoms with van der Waals surface area (Å²) in [6, 6.07) is 9.30. The number of carbonyl (C=O) groups is 1. The molecular weight excluding hydrogens is 536 g/mol. The zero-order chi connectivity index (χ0) is 26.5. The van der Waals surface area contributed by atoms with E-state index in [2.05, 4.69) is 20.4 Å². The second kappa shape index (κ2) is 11.7. The third-order valence-electron chi connectivity index (χ3n) is 5.97. The number of thiazole rings is 1. The molecule has 2 fully saturated rings. The first-order chi connectivity index (χ1) is 18.4. The maximum Gasteiger partial charge on any atom is 0.280 e. The maximum absolute atomic E-state index is 13.3. The van der Waals surface area contributed by atoms with Crippen LogP contribution >= 0.6 is 11.3 Å². The van der Waals surface area contributed by atoms with Crippen LogP contribution in [0.4, 0.5) is 5.13 Å². The van der Waals surface area contributed by atoms with Gasteiger partial charge in [0, 0.05) is 24.7 Å². The molecular formula is C24H26N4O8S2. The van der Waals surface area contributed by atoms with Crippen LogP contribution in [0.5, 0.6) is 5.88 Å². The summed E-state index contributed by atoms with van der Waals surface area (Å²) in [6.07, 6.45) is 0.801. The van der Waals surface area contributed by atoms with Crippen LogP contribution < -0.4 is 10.1 Å². The Kier molecular flexibility index (Phi) is 8.14. The number of hydrogen-bond acceptors (Lipinski definition) is 12. The van der Waals surface area contributed by atoms with Gasteiger partial charge in [0.05, 0.1) is 36.6 Å². The van der Waals surface area contributed by atoms with Gasteiger partial charge in [0.1, 0.15) is 17.0 Å². The molecule has 2 N–H and O–H groups in total. The molecule has 0 aliphatic carbocycles. The average Bonchev–Trinajstić information content (AvgIpc) is 3.70. The SMILES string of the molecule is O=C(Nc1nc2ccc(OCCO)nc2s1)C(=NO[C@@H]1CCOC1)c1ccc(S(=O)(=O)[C@H]2CCOC2)cc1. The Morgan fingerprint density at radius 1 is 1.11 bits per heavy atom. The molecule has 2 atom stereocenters. The molecule has 2 aliphatic heterocycles. The van der Waals surface area contributed by atoms with Gasteiger partial charge in [0.15, 0.2) is 26.8 Å². The van der Waals surface area contributed by atoms with E-state index in [1.54, 1.807) is 12.1 Å². The molecule has 5 rings (SSSR count). The van der Waals surface area contributed by atoms with E-state index in [9.17, 15) is 13.2 Å². The average molecular weight is 563 g/mol. The fourth-order valence-electron chi connectivity index (χ4n) is 3.94. The molecule has 14 heteroatoms. The van der Waals surface area contributed by atoms with Crippen molar-refractivity contribution in [2.24, 2.45) is 5.16 Å². The second-order valence-electron chi connectivity index (χ2n) is 8.60. The van der Waals surface area contributed by atoms with E-state index < -0.39 is 21.0 Å². The summed E-state index contributed by atoms with van der Waals surface area (Å²) in [4.78, 5) is 28.3. The van der Waals surface area contributed by atoms with Crippen LogP contribution in [0, 0.1) is 0 Å². The third-order valence-corrected chi connectivity index (χ3v) is 9.03. The Labute approximate surface area is 222 Å². The monoisotopic (exact) mass is 562 g/mol. The maximum atomic E-state index is 13.3. The van der Waals surface area contributed by atoms with Gasteiger partial charge in [-0.3, -0.25) is 10.1 Å². The van der Waals surface area contributed by atoms with Gasteiger partial charge in [-0.25, -0.2) is 18.4 Å². The number of pyridine rings is 1. The molecule has 1 amide bonds. The quantitative estimate of drug-likeness (QED) is 0.275. The third kappa shape index (κ3) is 5.94. The first kappa shape index (κ1) is 26.4. The number of aliphatic hydroxyl groups excluding tert-OH is 1. The summed E-state index contributed by atoms with van der Waals surface area (Å²) in [5, 5.41) is 15.5. The van der Waals surface area contributed by atoms with E-state index in [1.165, 1.54) is 24.3 Å². The van der Waals surface area contributed by atoms with Gasteiger partial charge >= 0.3 is 0 Å². The number of carbonyl (C=O) groups excluding carboxylic acids is 1. The highest BCUT2D eigenvalue weighted by atomic mass is 32.2. The number of hydrogen-bond donors (Lipinski definition) is 2. The Hall–Kier alpha value is -3.17. The lowest BCUT2D eigenvalue weighted by atomic mass is 10.1. The lowest BCUT2D eigenvalue weighted by Gasteiger charge is -2.12. The van der Waals surface area contributed by atoms with Gasteiger partial charge in [-0.05, 0) is 24.6 Å². The number of sulfone groups is 1. The van der Waals surface area contributed by atoms with E-state index in [1.807, 2.05) is 0 Å². The molecule has 1 aromatic carbocycles. The topological polar surface area (TPSA) is 159 Å². The predicted molar refractivity (Wildman–Crippen MR) is 138 cm³/mol. The summed E-state index contributed by atoms with van der Waals surface area (Å²) >= 11 is 1.15. The van der Waals surface area contributed by atoms with Crippen LogP contribution in [0.15, 0.2) is 46.4 Å². The number of aromatic nitrogens is 2. The van der Waals surface area contributed by atoms with Crippen LogP contribution in [0.1, 0.15) is 18.4 Å². The number of nitrogens with one attached hydrogen (secondary N) is 1. The zero-order valence-electron chi connectivity index (χ0n) is 20.2. The molecule has 38 heavy (non-hydrogen) atoms. The van der Waals surface area contributed by atoms with Crippen molar-refractivity contribution < 1.29 is 37.4 Å². The van der Waals surface area contributed by atoms with Gasteiger partial charge < -0.3 is 24.2 Å². The standard InChI is InChI=1S/C24H26N4O8S2/c29-9-12-35-20-6-5-19-23(26-20)37-24(25-19)27-22(30)21(28-36-16-7-10-33-13-16)15-1-3-17(4-2-15)38(31,32)18-8-11-34-14-18/h1-6,16,18,29H,7-14H2,(H,25,27,30)/t16-,18+/m1/s1. The van der Waals surface area contributed by atoms with Crippen molar-refractivity contribution in [3.63, 3.8) is 0 Å². The lowest BCUT2D eigenvalue weighted by molar-refractivity contribution is -0.110. The summed E-state index contributed by atoms with van der Waals surface area (Å²) in [5.41, 5.74) is 0.899. The number of rotatable bonds is 10. The molecule has 2 aromatic heterocycles. The predicted octanol–water partition coefficient (Wildman–Crippen LogP) is 1.77. The second-order valence-corrected chi connectivity index (χ2v) is 11.8. The highest BCUT2D eigenvalue weighted by molar-refractivity contribution is 7.92. The minimum absolute atomic E-state index is 0.0377. The van der Waals surface area contributed by atoms with Crippen LogP contribution in [0.25, 0.3) is 10.3 Å². The minimum atomic E-state index is -3.55. The molecule has 0 saturated carbocycles. The molecule has 12 nitrogen and oxygen atoms in total. The van der Waals surface area contributed by atoms with E-state index >= 15 is 0 Å². The van der Waals surface area contributed by atoms with Crippen LogP contribution in [-0.4, -0.2) is 86.1 Å². The number of nitrogens with zero attached hydrogens (tertiary/aromatic N) is 3. The molecule has 202 valence electrons. The molecule has 0 radical (unpaired) electrons. The van der Waals surface area contributed by atoms with Crippen molar-refractivity contribution in [2.45, 2.75) is 29.1 Å². The van der Waals surface area contributed by atoms with Crippen molar-refractivity contribution in [3.05, 3.63) is 42.0 Å². The molecule has 4 heterocycles. The molecule has 2 aliphatic rings. The summed E-state index contributed by atoms with van der Waals surface area (Å²) < 4.78 is 41.7. The number of amides is 1. The fraction of sp³-hybridized carbons (Fsp3) is 0.417. The van der Waals surface area contributed by atoms with Crippen molar-refractivity contribution in [1.82, 2.24) is 9.97 Å². The highest BCUT2D eigenvalue weighted by Crippen LogP contribution is 2.27. The van der Waals surface area contributed by atoms with Gasteiger partial charge in [-0.1, -0.05) is 28.6 Å². The minimum Gasteiger partial charge on any atom is -0.475 e. The first-order valence-corrected chi connectivity index (χ1v) is 14.4. The van der Waals surface area contributed by atoms with Crippen molar-refractivity contribution in [1.29, 1.82) is 0 Å². The van der Waals surface area contributed by atoms with E-state index in [-0.39, 0.29) is 41.7 Å². The van der Waals surface area contributed by atoms with Crippen LogP contribution in [0.3, 0.4) is 0 Å². The lowest BCUT2D eigenvalue weighted by Crippen LogP contribution is -2.25. The summed E-state index contributed by atoms with van der Waals surface area (Å²) in [5.74, 6) is -0.249. The normalized spacial score (nSPS) is 20.1. The largest absolute Gasteiger partial charge is 0.475 e. The Bertz CT molecular complexity index is 1410. The smallest absolute Gasteiger partial charge is 0.280 e. The van der Waals surface area contributed by atoms with Crippen molar-refractivity contribution in [2.75, 3.05) is 45.0 Å². The van der Waals surface area contributed by atoms with E-state index in [0.29, 0.717) is 54.5 Å². The molecule has 0 spiro atoms. The van der Waals surface area contributed by atoms with Crippen molar-refractivity contribution >= 4 is 48.3 Å². The summed E-state index contributed by atoms with van der Waals surface area (Å²) in [7, 11) is -3.55. The van der Waals surface area contributed by atoms with Gasteiger partial charge in [0.25, 0.3) is 5.91 Å². The van der Waals surface area contributed by atoms with Crippen LogP contribution in [-0.2, 0) is 28.9 Å². The number of anilines is 1. The highest BCUT2D eigenvalue weighted by Gasteiger charge is 2.31. The number of fused-ring (bicyclic) bond motifs is 1. The number of benzene rings is 1. The number of aliphatic hydroxyl groups is 1. The Balaban J connectivity index is 1.38. The van der Waals surface area contributed by atoms with E-state index in [0.717, 1.165) is 11.3 Å². The Morgan fingerprint density at radius 3 is 2.61 bits per heavy atom. The number of ether oxygens (including phenoxy) is 3. The van der Waals surface area contributed by atoms with Crippen LogP contribution in [0.2, 0.25) is 0 Å². The molecule has 0 bridgehead atoms. The van der Waals surface area contributed by atoms with Gasteiger partial charge in [0.2, 0.25) is 5.88 Å². The number of oxime groups is 1. The summed E-state index contributed by atoms with van der Waals surface area (Å²) in [6.45, 7) is 1.47. The first-order valence-electron chi connectivity index (χ1n) is 12.0. The molecule has 2 saturated heterocycles. The fourth-order valence-corrected chi connectivity index (χ4v) is 6.35. The van der Waals surface area contributed by atoms with Crippen molar-refractivity contribution in [3.8, 4) is 5.88 Å². The Morgan fingerprint density at radius 2 is 1.89 bits per heavy atom. The molecule has 0 unspecified atom stereocenters. The van der Waals surface area contributed by atoms with Gasteiger partial charge in [-0.15, -0.1) is 0 Å². The van der Waals surface area contributed by atoms with Gasteiger partial charge in [-0.2, -0.15) is 0 Å².